The molecule has 3 rings (SSSR count). The summed E-state index contributed by atoms with van der Waals surface area (Å²) in [4.78, 5) is 28.6. The molecule has 0 aliphatic heterocycles. The summed E-state index contributed by atoms with van der Waals surface area (Å²) in [6, 6.07) is 21.8. The van der Waals surface area contributed by atoms with E-state index >= 15 is 0 Å². The van der Waals surface area contributed by atoms with Gasteiger partial charge < -0.3 is 10.2 Å². The fourth-order valence-corrected chi connectivity index (χ4v) is 5.85. The summed E-state index contributed by atoms with van der Waals surface area (Å²) in [5.41, 5.74) is 2.07. The van der Waals surface area contributed by atoms with Crippen LogP contribution in [0, 0.1) is 6.92 Å². The van der Waals surface area contributed by atoms with Crippen LogP contribution >= 0.6 is 11.6 Å². The molecule has 2 amide bonds. The van der Waals surface area contributed by atoms with Gasteiger partial charge in [0.25, 0.3) is 10.0 Å². The minimum atomic E-state index is -4.12. The fourth-order valence-electron chi connectivity index (χ4n) is 4.25. The zero-order chi connectivity index (χ0) is 28.4. The second-order valence-electron chi connectivity index (χ2n) is 9.30. The van der Waals surface area contributed by atoms with Gasteiger partial charge in [-0.3, -0.25) is 13.9 Å². The topological polar surface area (TPSA) is 86.8 Å². The summed E-state index contributed by atoms with van der Waals surface area (Å²) in [6.45, 7) is 5.89. The van der Waals surface area contributed by atoms with Crippen molar-refractivity contribution in [2.24, 2.45) is 0 Å². The normalized spacial score (nSPS) is 12.0. The molecule has 0 bridgehead atoms. The standard InChI is InChI=1S/C30H36ClN3O4S/c1-4-19-32-30(36)28(5-2)33(20-18-24-12-8-6-9-13-24)29(35)22-34(25-17-16-23(3)27(31)21-25)39(37,38)26-14-10-7-11-15-26/h6-17,21,28H,4-5,18-20,22H2,1-3H3,(H,32,36)/t28-/m1/s1. The quantitative estimate of drug-likeness (QED) is 0.306. The van der Waals surface area contributed by atoms with Crippen LogP contribution in [0.3, 0.4) is 0 Å². The van der Waals surface area contributed by atoms with Gasteiger partial charge in [-0.1, -0.05) is 80.0 Å². The van der Waals surface area contributed by atoms with Crippen LogP contribution in [-0.2, 0) is 26.0 Å². The minimum Gasteiger partial charge on any atom is -0.354 e. The van der Waals surface area contributed by atoms with Gasteiger partial charge in [-0.25, -0.2) is 8.42 Å². The molecule has 0 radical (unpaired) electrons. The number of hydrogen-bond acceptors (Lipinski definition) is 4. The van der Waals surface area contributed by atoms with Crippen molar-refractivity contribution in [3.8, 4) is 0 Å². The van der Waals surface area contributed by atoms with Gasteiger partial charge in [-0.05, 0) is 61.6 Å². The molecule has 39 heavy (non-hydrogen) atoms. The number of aryl methyl sites for hydroxylation is 1. The summed E-state index contributed by atoms with van der Waals surface area (Å²) < 4.78 is 28.7. The van der Waals surface area contributed by atoms with Crippen LogP contribution in [0.2, 0.25) is 5.02 Å². The first-order valence-electron chi connectivity index (χ1n) is 13.1. The van der Waals surface area contributed by atoms with Crippen molar-refractivity contribution in [1.82, 2.24) is 10.2 Å². The van der Waals surface area contributed by atoms with E-state index in [-0.39, 0.29) is 23.0 Å². The molecule has 0 spiro atoms. The second-order valence-corrected chi connectivity index (χ2v) is 11.6. The molecule has 208 valence electrons. The molecule has 0 saturated heterocycles. The van der Waals surface area contributed by atoms with Crippen LogP contribution in [0.25, 0.3) is 0 Å². The van der Waals surface area contributed by atoms with Crippen molar-refractivity contribution in [2.45, 2.75) is 51.0 Å². The Labute approximate surface area is 236 Å². The number of sulfonamides is 1. The second kappa shape index (κ2) is 14.1. The molecule has 9 heteroatoms. The van der Waals surface area contributed by atoms with E-state index in [0.29, 0.717) is 24.4 Å². The van der Waals surface area contributed by atoms with Gasteiger partial charge >= 0.3 is 0 Å². The summed E-state index contributed by atoms with van der Waals surface area (Å²) in [7, 11) is -4.12. The van der Waals surface area contributed by atoms with Gasteiger partial charge in [0.05, 0.1) is 10.6 Å². The maximum atomic E-state index is 14.0. The Morgan fingerprint density at radius 2 is 1.59 bits per heavy atom. The Balaban J connectivity index is 2.01. The summed E-state index contributed by atoms with van der Waals surface area (Å²) in [5, 5.41) is 3.28. The number of amides is 2. The van der Waals surface area contributed by atoms with Crippen molar-refractivity contribution in [3.63, 3.8) is 0 Å². The average Bonchev–Trinajstić information content (AvgIpc) is 2.95. The predicted octanol–water partition coefficient (Wildman–Crippen LogP) is 5.22. The lowest BCUT2D eigenvalue weighted by Gasteiger charge is -2.33. The maximum Gasteiger partial charge on any atom is 0.264 e. The first kappa shape index (κ1) is 30.2. The molecular formula is C30H36ClN3O4S. The molecular weight excluding hydrogens is 534 g/mol. The molecule has 0 aliphatic rings. The average molecular weight is 570 g/mol. The maximum absolute atomic E-state index is 14.0. The number of benzene rings is 3. The molecule has 0 saturated carbocycles. The molecule has 0 unspecified atom stereocenters. The number of nitrogens with one attached hydrogen (secondary N) is 1. The summed E-state index contributed by atoms with van der Waals surface area (Å²) in [5.74, 6) is -0.725. The third kappa shape index (κ3) is 7.83. The lowest BCUT2D eigenvalue weighted by Crippen LogP contribution is -2.53. The third-order valence-electron chi connectivity index (χ3n) is 6.47. The Kier molecular flexibility index (Phi) is 10.9. The van der Waals surface area contributed by atoms with E-state index in [4.69, 9.17) is 11.6 Å². The Hall–Kier alpha value is -3.36. The number of halogens is 1. The molecule has 0 fully saturated rings. The van der Waals surface area contributed by atoms with Crippen LogP contribution in [0.5, 0.6) is 0 Å². The molecule has 7 nitrogen and oxygen atoms in total. The molecule has 1 atom stereocenters. The Morgan fingerprint density at radius 1 is 0.949 bits per heavy atom. The van der Waals surface area contributed by atoms with E-state index in [0.717, 1.165) is 21.9 Å². The van der Waals surface area contributed by atoms with E-state index < -0.39 is 28.5 Å². The SMILES string of the molecule is CCCNC(=O)[C@@H](CC)N(CCc1ccccc1)C(=O)CN(c1ccc(C)c(Cl)c1)S(=O)(=O)c1ccccc1. The van der Waals surface area contributed by atoms with E-state index in [1.807, 2.05) is 51.1 Å². The van der Waals surface area contributed by atoms with Gasteiger partial charge in [0.15, 0.2) is 0 Å². The zero-order valence-corrected chi connectivity index (χ0v) is 24.2. The molecule has 0 aromatic heterocycles. The highest BCUT2D eigenvalue weighted by Gasteiger charge is 2.33. The lowest BCUT2D eigenvalue weighted by atomic mass is 10.1. The Morgan fingerprint density at radius 3 is 2.18 bits per heavy atom. The van der Waals surface area contributed by atoms with Gasteiger partial charge in [-0.15, -0.1) is 0 Å². The highest BCUT2D eigenvalue weighted by Crippen LogP contribution is 2.28. The van der Waals surface area contributed by atoms with Gasteiger partial charge in [0.1, 0.15) is 12.6 Å². The van der Waals surface area contributed by atoms with Crippen molar-refractivity contribution in [1.29, 1.82) is 0 Å². The fraction of sp³-hybridized carbons (Fsp3) is 0.333. The highest BCUT2D eigenvalue weighted by atomic mass is 35.5. The van der Waals surface area contributed by atoms with Crippen molar-refractivity contribution < 1.29 is 18.0 Å². The molecule has 0 heterocycles. The zero-order valence-electron chi connectivity index (χ0n) is 22.6. The van der Waals surface area contributed by atoms with Crippen molar-refractivity contribution in [3.05, 3.63) is 95.0 Å². The number of rotatable bonds is 13. The van der Waals surface area contributed by atoms with E-state index in [9.17, 15) is 18.0 Å². The van der Waals surface area contributed by atoms with Gasteiger partial charge in [0.2, 0.25) is 11.8 Å². The van der Waals surface area contributed by atoms with Crippen LogP contribution in [0.4, 0.5) is 5.69 Å². The first-order valence-corrected chi connectivity index (χ1v) is 15.0. The lowest BCUT2D eigenvalue weighted by molar-refractivity contribution is -0.139. The van der Waals surface area contributed by atoms with Crippen LogP contribution < -0.4 is 9.62 Å². The number of anilines is 1. The van der Waals surface area contributed by atoms with E-state index in [2.05, 4.69) is 5.32 Å². The smallest absolute Gasteiger partial charge is 0.264 e. The van der Waals surface area contributed by atoms with Crippen LogP contribution in [-0.4, -0.2) is 50.8 Å². The summed E-state index contributed by atoms with van der Waals surface area (Å²) >= 11 is 6.36. The van der Waals surface area contributed by atoms with Gasteiger partial charge in [-0.2, -0.15) is 0 Å². The Bertz CT molecular complexity index is 1350. The van der Waals surface area contributed by atoms with E-state index in [1.54, 1.807) is 36.4 Å². The number of hydrogen-bond donors (Lipinski definition) is 1. The minimum absolute atomic E-state index is 0.0538. The van der Waals surface area contributed by atoms with Crippen LogP contribution in [0.15, 0.2) is 83.8 Å². The molecule has 0 aliphatic carbocycles. The largest absolute Gasteiger partial charge is 0.354 e. The molecule has 3 aromatic rings. The van der Waals surface area contributed by atoms with Crippen LogP contribution in [0.1, 0.15) is 37.8 Å². The monoisotopic (exact) mass is 569 g/mol. The number of carbonyl (C=O) groups excluding carboxylic acids is 2. The van der Waals surface area contributed by atoms with E-state index in [1.165, 1.54) is 17.0 Å². The predicted molar refractivity (Wildman–Crippen MR) is 156 cm³/mol. The first-order chi connectivity index (χ1) is 18.7. The third-order valence-corrected chi connectivity index (χ3v) is 8.67. The van der Waals surface area contributed by atoms with Crippen molar-refractivity contribution in [2.75, 3.05) is 23.9 Å². The van der Waals surface area contributed by atoms with Gasteiger partial charge in [0, 0.05) is 18.1 Å². The number of carbonyl (C=O) groups is 2. The highest BCUT2D eigenvalue weighted by molar-refractivity contribution is 7.92. The number of nitrogens with zero attached hydrogens (tertiary/aromatic N) is 2. The summed E-state index contributed by atoms with van der Waals surface area (Å²) in [6.07, 6.45) is 1.67. The molecule has 3 aromatic carbocycles. The molecule has 1 N–H and O–H groups in total. The van der Waals surface area contributed by atoms with Crippen molar-refractivity contribution >= 4 is 39.1 Å².